The normalized spacial score (nSPS) is 18.2. The third-order valence-corrected chi connectivity index (χ3v) is 7.34. The van der Waals surface area contributed by atoms with E-state index in [4.69, 9.17) is 12.2 Å². The molecule has 4 heterocycles. The first-order chi connectivity index (χ1) is 15.5. The fourth-order valence-electron chi connectivity index (χ4n) is 4.53. The van der Waals surface area contributed by atoms with Crippen LogP contribution in [0.3, 0.4) is 0 Å². The molecule has 1 aliphatic rings. The number of thiazole rings is 1. The van der Waals surface area contributed by atoms with Crippen LogP contribution in [-0.2, 0) is 0 Å². The molecule has 0 saturated carbocycles. The molecule has 162 valence electrons. The van der Waals surface area contributed by atoms with Crippen molar-refractivity contribution >= 4 is 34.4 Å². The van der Waals surface area contributed by atoms with E-state index in [-0.39, 0.29) is 12.1 Å². The van der Waals surface area contributed by atoms with Gasteiger partial charge in [-0.3, -0.25) is 9.55 Å². The second-order valence-corrected chi connectivity index (χ2v) is 9.50. The average Bonchev–Trinajstić information content (AvgIpc) is 3.49. The average molecular weight is 460 g/mol. The zero-order valence-electron chi connectivity index (χ0n) is 18.5. The van der Waals surface area contributed by atoms with Crippen LogP contribution < -0.4 is 10.2 Å². The molecule has 3 aromatic heterocycles. The first kappa shape index (κ1) is 20.8. The molecule has 7 heteroatoms. The van der Waals surface area contributed by atoms with Gasteiger partial charge in [0.25, 0.3) is 0 Å². The Hall–Kier alpha value is -3.03. The molecule has 0 spiro atoms. The highest BCUT2D eigenvalue weighted by Crippen LogP contribution is 2.44. The van der Waals surface area contributed by atoms with E-state index in [9.17, 15) is 0 Å². The Balaban J connectivity index is 1.69. The van der Waals surface area contributed by atoms with E-state index >= 15 is 0 Å². The number of anilines is 1. The molecule has 5 nitrogen and oxygen atoms in total. The van der Waals surface area contributed by atoms with Gasteiger partial charge in [0.1, 0.15) is 0 Å². The second kappa shape index (κ2) is 8.15. The number of nitrogens with one attached hydrogen (secondary N) is 1. The van der Waals surface area contributed by atoms with Crippen molar-refractivity contribution in [3.8, 4) is 5.13 Å². The summed E-state index contributed by atoms with van der Waals surface area (Å²) in [5, 5.41) is 7.27. The van der Waals surface area contributed by atoms with Crippen LogP contribution in [-0.4, -0.2) is 19.6 Å². The van der Waals surface area contributed by atoms with Crippen LogP contribution in [0.15, 0.2) is 60.2 Å². The van der Waals surface area contributed by atoms with Gasteiger partial charge in [-0.2, -0.15) is 0 Å². The number of aryl methyl sites for hydroxylation is 3. The Bertz CT molecular complexity index is 1280. The van der Waals surface area contributed by atoms with Gasteiger partial charge in [-0.1, -0.05) is 12.1 Å². The fourth-order valence-corrected chi connectivity index (χ4v) is 5.63. The van der Waals surface area contributed by atoms with Crippen molar-refractivity contribution in [1.29, 1.82) is 0 Å². The van der Waals surface area contributed by atoms with Gasteiger partial charge in [0.2, 0.25) is 0 Å². The number of thiocarbonyl (C=S) groups is 1. The fraction of sp³-hybridized carbons (Fsp3) is 0.240. The molecule has 2 atom stereocenters. The monoisotopic (exact) mass is 459 g/mol. The van der Waals surface area contributed by atoms with Gasteiger partial charge in [0, 0.05) is 34.8 Å². The van der Waals surface area contributed by atoms with Crippen molar-refractivity contribution in [1.82, 2.24) is 19.9 Å². The maximum absolute atomic E-state index is 5.89. The van der Waals surface area contributed by atoms with Crippen LogP contribution in [0.25, 0.3) is 5.13 Å². The summed E-state index contributed by atoms with van der Waals surface area (Å²) in [6, 6.07) is 14.8. The Morgan fingerprint density at radius 1 is 0.969 bits per heavy atom. The molecule has 1 N–H and O–H groups in total. The predicted molar refractivity (Wildman–Crippen MR) is 135 cm³/mol. The number of pyridine rings is 1. The minimum atomic E-state index is -0.0597. The first-order valence-electron chi connectivity index (χ1n) is 10.6. The van der Waals surface area contributed by atoms with Crippen LogP contribution in [0.2, 0.25) is 0 Å². The molecule has 5 rings (SSSR count). The first-order valence-corrected chi connectivity index (χ1v) is 11.9. The molecule has 0 unspecified atom stereocenters. The van der Waals surface area contributed by atoms with Crippen LogP contribution in [0.4, 0.5) is 5.69 Å². The number of aromatic nitrogens is 3. The summed E-state index contributed by atoms with van der Waals surface area (Å²) in [5.74, 6) is 0. The minimum absolute atomic E-state index is 0.0283. The maximum atomic E-state index is 5.89. The molecule has 0 bridgehead atoms. The van der Waals surface area contributed by atoms with Gasteiger partial charge in [-0.15, -0.1) is 11.3 Å². The molecular weight excluding hydrogens is 434 g/mol. The molecule has 0 amide bonds. The number of hydrogen-bond acceptors (Lipinski definition) is 4. The highest BCUT2D eigenvalue weighted by molar-refractivity contribution is 7.80. The topological polar surface area (TPSA) is 46.0 Å². The van der Waals surface area contributed by atoms with Gasteiger partial charge in [-0.25, -0.2) is 4.98 Å². The lowest BCUT2D eigenvalue weighted by Gasteiger charge is -2.28. The SMILES string of the molecule is Cc1ccc(N2C(=S)N[C@@H](c3ccccn3)[C@H]2c2cc(C)n(-c3nccs3)c2C)cc1C. The van der Waals surface area contributed by atoms with E-state index in [0.29, 0.717) is 5.11 Å². The lowest BCUT2D eigenvalue weighted by molar-refractivity contribution is 0.565. The molecule has 4 aromatic rings. The minimum Gasteiger partial charge on any atom is -0.351 e. The Kier molecular flexibility index (Phi) is 5.31. The van der Waals surface area contributed by atoms with Crippen LogP contribution in [0.5, 0.6) is 0 Å². The number of rotatable bonds is 4. The van der Waals surface area contributed by atoms with Crippen molar-refractivity contribution in [2.75, 3.05) is 4.90 Å². The third-order valence-electron chi connectivity index (χ3n) is 6.27. The zero-order chi connectivity index (χ0) is 22.4. The summed E-state index contributed by atoms with van der Waals surface area (Å²) in [4.78, 5) is 11.5. The number of benzene rings is 1. The standard InChI is InChI=1S/C25H25N5S2/c1-15-8-9-19(13-16(15)2)30-23(22(28-24(30)31)21-7-5-6-10-26-21)20-14-17(3)29(18(20)4)25-27-11-12-32-25/h5-14,22-23H,1-4H3,(H,28,31)/t22-,23+/m0/s1. The van der Waals surface area contributed by atoms with E-state index in [0.717, 1.165) is 22.2 Å². The molecule has 0 aliphatic carbocycles. The van der Waals surface area contributed by atoms with Crippen molar-refractivity contribution in [3.05, 3.63) is 94.0 Å². The number of hydrogen-bond donors (Lipinski definition) is 1. The molecule has 32 heavy (non-hydrogen) atoms. The van der Waals surface area contributed by atoms with Crippen molar-refractivity contribution in [2.24, 2.45) is 0 Å². The third kappa shape index (κ3) is 3.42. The van der Waals surface area contributed by atoms with Crippen molar-refractivity contribution in [3.63, 3.8) is 0 Å². The molecule has 1 saturated heterocycles. The summed E-state index contributed by atoms with van der Waals surface area (Å²) < 4.78 is 2.23. The van der Waals surface area contributed by atoms with Gasteiger partial charge in [0.15, 0.2) is 10.2 Å². The van der Waals surface area contributed by atoms with Crippen molar-refractivity contribution < 1.29 is 0 Å². The number of nitrogens with zero attached hydrogens (tertiary/aromatic N) is 4. The van der Waals surface area contributed by atoms with Crippen LogP contribution in [0, 0.1) is 27.7 Å². The zero-order valence-corrected chi connectivity index (χ0v) is 20.2. The molecule has 1 fully saturated rings. The Morgan fingerprint density at radius 2 is 1.81 bits per heavy atom. The van der Waals surface area contributed by atoms with E-state index in [2.05, 4.69) is 82.8 Å². The summed E-state index contributed by atoms with van der Waals surface area (Å²) in [6.07, 6.45) is 3.69. The molecular formula is C25H25N5S2. The molecule has 1 aliphatic heterocycles. The highest BCUT2D eigenvalue weighted by Gasteiger charge is 2.42. The highest BCUT2D eigenvalue weighted by atomic mass is 32.1. The molecule has 1 aromatic carbocycles. The summed E-state index contributed by atoms with van der Waals surface area (Å²) >= 11 is 7.53. The smallest absolute Gasteiger partial charge is 0.193 e. The summed E-state index contributed by atoms with van der Waals surface area (Å²) in [6.45, 7) is 8.58. The largest absolute Gasteiger partial charge is 0.351 e. The van der Waals surface area contributed by atoms with E-state index in [1.54, 1.807) is 11.3 Å². The predicted octanol–water partition coefficient (Wildman–Crippen LogP) is 5.74. The Morgan fingerprint density at radius 3 is 2.50 bits per heavy atom. The lowest BCUT2D eigenvalue weighted by atomic mass is 9.96. The van der Waals surface area contributed by atoms with Crippen LogP contribution >= 0.6 is 23.6 Å². The Labute approximate surface area is 197 Å². The van der Waals surface area contributed by atoms with E-state index in [1.165, 1.54) is 22.4 Å². The quantitative estimate of drug-likeness (QED) is 0.394. The van der Waals surface area contributed by atoms with Crippen molar-refractivity contribution in [2.45, 2.75) is 39.8 Å². The van der Waals surface area contributed by atoms with Gasteiger partial charge >= 0.3 is 0 Å². The van der Waals surface area contributed by atoms with Gasteiger partial charge in [-0.05, 0) is 86.9 Å². The lowest BCUT2D eigenvalue weighted by Crippen LogP contribution is -2.29. The maximum Gasteiger partial charge on any atom is 0.193 e. The summed E-state index contributed by atoms with van der Waals surface area (Å²) in [7, 11) is 0. The second-order valence-electron chi connectivity index (χ2n) is 8.24. The van der Waals surface area contributed by atoms with E-state index in [1.807, 2.05) is 29.9 Å². The molecule has 0 radical (unpaired) electrons. The summed E-state index contributed by atoms with van der Waals surface area (Å²) in [5.41, 5.74) is 8.14. The van der Waals surface area contributed by atoms with Gasteiger partial charge in [0.05, 0.1) is 17.8 Å². The van der Waals surface area contributed by atoms with Crippen LogP contribution in [0.1, 0.15) is 45.9 Å². The van der Waals surface area contributed by atoms with E-state index < -0.39 is 0 Å². The van der Waals surface area contributed by atoms with Gasteiger partial charge < -0.3 is 10.2 Å².